The lowest BCUT2D eigenvalue weighted by Gasteiger charge is -2.26. The lowest BCUT2D eigenvalue weighted by atomic mass is 10.0. The fraction of sp³-hybridized carbons (Fsp3) is 0.708. The number of hydrogen-bond acceptors (Lipinski definition) is 2. The SMILES string of the molecule is CCCCCCCCCCCCN(CCC(CC)C(=O)O)c1ccccc1. The number of para-hydroxylation sites is 1. The van der Waals surface area contributed by atoms with Gasteiger partial charge in [-0.25, -0.2) is 0 Å². The first-order valence-corrected chi connectivity index (χ1v) is 11.2. The number of unbranched alkanes of at least 4 members (excludes halogenated alkanes) is 9. The molecule has 1 aromatic rings. The first kappa shape index (κ1) is 23.5. The van der Waals surface area contributed by atoms with Gasteiger partial charge >= 0.3 is 5.97 Å². The number of rotatable bonds is 17. The molecule has 0 aliphatic heterocycles. The van der Waals surface area contributed by atoms with Crippen LogP contribution < -0.4 is 4.90 Å². The zero-order valence-corrected chi connectivity index (χ0v) is 17.7. The van der Waals surface area contributed by atoms with E-state index in [-0.39, 0.29) is 5.92 Å². The molecular formula is C24H41NO2. The highest BCUT2D eigenvalue weighted by molar-refractivity contribution is 5.69. The molecule has 0 radical (unpaired) electrons. The van der Waals surface area contributed by atoms with Crippen molar-refractivity contribution in [2.75, 3.05) is 18.0 Å². The van der Waals surface area contributed by atoms with Gasteiger partial charge in [-0.05, 0) is 31.4 Å². The van der Waals surface area contributed by atoms with E-state index in [1.54, 1.807) is 0 Å². The quantitative estimate of drug-likeness (QED) is 0.301. The lowest BCUT2D eigenvalue weighted by molar-refractivity contribution is -0.141. The normalized spacial score (nSPS) is 12.1. The van der Waals surface area contributed by atoms with E-state index in [9.17, 15) is 9.90 Å². The number of carboxylic acid groups (broad SMARTS) is 1. The van der Waals surface area contributed by atoms with Gasteiger partial charge in [-0.15, -0.1) is 0 Å². The van der Waals surface area contributed by atoms with Crippen LogP contribution in [0.4, 0.5) is 5.69 Å². The van der Waals surface area contributed by atoms with Gasteiger partial charge in [0, 0.05) is 18.8 Å². The molecule has 3 heteroatoms. The molecule has 0 saturated carbocycles. The Bertz CT molecular complexity index is 475. The van der Waals surface area contributed by atoms with Crippen molar-refractivity contribution in [1.29, 1.82) is 0 Å². The van der Waals surface area contributed by atoms with Gasteiger partial charge in [0.05, 0.1) is 5.92 Å². The summed E-state index contributed by atoms with van der Waals surface area (Å²) in [4.78, 5) is 13.7. The molecule has 3 nitrogen and oxygen atoms in total. The molecule has 0 aromatic heterocycles. The zero-order valence-electron chi connectivity index (χ0n) is 17.7. The summed E-state index contributed by atoms with van der Waals surface area (Å²) in [6.07, 6.45) is 14.8. The zero-order chi connectivity index (χ0) is 19.7. The Morgan fingerprint density at radius 3 is 1.93 bits per heavy atom. The summed E-state index contributed by atoms with van der Waals surface area (Å²) in [6.45, 7) is 6.08. The molecule has 0 heterocycles. The molecule has 1 atom stereocenters. The monoisotopic (exact) mass is 375 g/mol. The van der Waals surface area contributed by atoms with E-state index in [0.717, 1.165) is 19.5 Å². The van der Waals surface area contributed by atoms with E-state index >= 15 is 0 Å². The predicted molar refractivity (Wildman–Crippen MR) is 117 cm³/mol. The van der Waals surface area contributed by atoms with Crippen LogP contribution in [0.2, 0.25) is 0 Å². The van der Waals surface area contributed by atoms with Gasteiger partial charge in [-0.3, -0.25) is 4.79 Å². The lowest BCUT2D eigenvalue weighted by Crippen LogP contribution is -2.28. The first-order valence-electron chi connectivity index (χ1n) is 11.2. The molecule has 0 aliphatic carbocycles. The number of benzene rings is 1. The fourth-order valence-electron chi connectivity index (χ4n) is 3.61. The average molecular weight is 376 g/mol. The maximum absolute atomic E-state index is 11.3. The Morgan fingerprint density at radius 2 is 1.41 bits per heavy atom. The predicted octanol–water partition coefficient (Wildman–Crippen LogP) is 6.91. The highest BCUT2D eigenvalue weighted by Gasteiger charge is 2.16. The Kier molecular flexibility index (Phi) is 13.5. The van der Waals surface area contributed by atoms with Crippen LogP contribution in [0, 0.1) is 5.92 Å². The van der Waals surface area contributed by atoms with Crippen molar-refractivity contribution in [3.63, 3.8) is 0 Å². The number of carboxylic acids is 1. The standard InChI is InChI=1S/C24H41NO2/c1-3-5-6-7-8-9-10-11-12-16-20-25(23-17-14-13-15-18-23)21-19-22(4-2)24(26)27/h13-15,17-18,22H,3-12,16,19-21H2,1-2H3,(H,26,27). The maximum Gasteiger partial charge on any atom is 0.306 e. The van der Waals surface area contributed by atoms with E-state index < -0.39 is 5.97 Å². The second-order valence-corrected chi connectivity index (χ2v) is 7.74. The van der Waals surface area contributed by atoms with Crippen LogP contribution >= 0.6 is 0 Å². The van der Waals surface area contributed by atoms with E-state index in [4.69, 9.17) is 0 Å². The van der Waals surface area contributed by atoms with Gasteiger partial charge in [0.1, 0.15) is 0 Å². The number of carbonyl (C=O) groups is 1. The minimum absolute atomic E-state index is 0.232. The van der Waals surface area contributed by atoms with Gasteiger partial charge in [-0.1, -0.05) is 89.8 Å². The third-order valence-electron chi connectivity index (χ3n) is 5.49. The molecule has 1 unspecified atom stereocenters. The summed E-state index contributed by atoms with van der Waals surface area (Å²) in [5.74, 6) is -0.895. The number of aliphatic carboxylic acids is 1. The number of nitrogens with zero attached hydrogens (tertiary/aromatic N) is 1. The molecule has 154 valence electrons. The van der Waals surface area contributed by atoms with Crippen molar-refractivity contribution < 1.29 is 9.90 Å². The van der Waals surface area contributed by atoms with Crippen molar-refractivity contribution >= 4 is 11.7 Å². The first-order chi connectivity index (χ1) is 13.2. The van der Waals surface area contributed by atoms with Crippen LogP contribution in [-0.2, 0) is 4.79 Å². The highest BCUT2D eigenvalue weighted by atomic mass is 16.4. The molecule has 1 aromatic carbocycles. The van der Waals surface area contributed by atoms with Gasteiger partial charge in [0.2, 0.25) is 0 Å². The van der Waals surface area contributed by atoms with Crippen molar-refractivity contribution in [3.8, 4) is 0 Å². The van der Waals surface area contributed by atoms with E-state index in [1.807, 2.05) is 13.0 Å². The topological polar surface area (TPSA) is 40.5 Å². The summed E-state index contributed by atoms with van der Waals surface area (Å²) in [7, 11) is 0. The number of anilines is 1. The van der Waals surface area contributed by atoms with Crippen LogP contribution in [0.1, 0.15) is 90.9 Å². The molecule has 0 bridgehead atoms. The molecule has 1 rings (SSSR count). The largest absolute Gasteiger partial charge is 0.481 e. The van der Waals surface area contributed by atoms with Gasteiger partial charge in [0.25, 0.3) is 0 Å². The molecule has 0 amide bonds. The third-order valence-corrected chi connectivity index (χ3v) is 5.49. The average Bonchev–Trinajstić information content (AvgIpc) is 2.68. The van der Waals surface area contributed by atoms with Crippen molar-refractivity contribution in [2.45, 2.75) is 90.9 Å². The van der Waals surface area contributed by atoms with Gasteiger partial charge in [-0.2, -0.15) is 0 Å². The van der Waals surface area contributed by atoms with Crippen LogP contribution in [0.15, 0.2) is 30.3 Å². The highest BCUT2D eigenvalue weighted by Crippen LogP contribution is 2.18. The smallest absolute Gasteiger partial charge is 0.306 e. The molecule has 0 fully saturated rings. The Morgan fingerprint density at radius 1 is 0.852 bits per heavy atom. The maximum atomic E-state index is 11.3. The summed E-state index contributed by atoms with van der Waals surface area (Å²) in [5.41, 5.74) is 1.22. The fourth-order valence-corrected chi connectivity index (χ4v) is 3.61. The van der Waals surface area contributed by atoms with Crippen molar-refractivity contribution in [3.05, 3.63) is 30.3 Å². The molecule has 1 N–H and O–H groups in total. The summed E-state index contributed by atoms with van der Waals surface area (Å²) in [5, 5.41) is 9.30. The Balaban J connectivity index is 2.28. The second kappa shape index (κ2) is 15.5. The molecule has 0 saturated heterocycles. The summed E-state index contributed by atoms with van der Waals surface area (Å²) in [6, 6.07) is 10.4. The van der Waals surface area contributed by atoms with E-state index in [2.05, 4.69) is 36.1 Å². The van der Waals surface area contributed by atoms with Crippen LogP contribution in [0.25, 0.3) is 0 Å². The summed E-state index contributed by atoms with van der Waals surface area (Å²) < 4.78 is 0. The van der Waals surface area contributed by atoms with Gasteiger partial charge in [0.15, 0.2) is 0 Å². The Hall–Kier alpha value is -1.51. The van der Waals surface area contributed by atoms with Crippen LogP contribution in [-0.4, -0.2) is 24.2 Å². The third kappa shape index (κ3) is 11.0. The van der Waals surface area contributed by atoms with Crippen molar-refractivity contribution in [1.82, 2.24) is 0 Å². The van der Waals surface area contributed by atoms with E-state index in [0.29, 0.717) is 6.42 Å². The minimum atomic E-state index is -0.663. The molecule has 27 heavy (non-hydrogen) atoms. The second-order valence-electron chi connectivity index (χ2n) is 7.74. The van der Waals surface area contributed by atoms with Crippen LogP contribution in [0.3, 0.4) is 0 Å². The Labute approximate surface area is 167 Å². The number of hydrogen-bond donors (Lipinski definition) is 1. The molecular weight excluding hydrogens is 334 g/mol. The van der Waals surface area contributed by atoms with Gasteiger partial charge < -0.3 is 10.0 Å². The summed E-state index contributed by atoms with van der Waals surface area (Å²) >= 11 is 0. The molecule has 0 spiro atoms. The van der Waals surface area contributed by atoms with Crippen LogP contribution in [0.5, 0.6) is 0 Å². The molecule has 0 aliphatic rings. The van der Waals surface area contributed by atoms with Crippen molar-refractivity contribution in [2.24, 2.45) is 5.92 Å². The minimum Gasteiger partial charge on any atom is -0.481 e. The van der Waals surface area contributed by atoms with E-state index in [1.165, 1.54) is 69.9 Å².